The number of hydrogen-bond donors (Lipinski definition) is 1. The predicted molar refractivity (Wildman–Crippen MR) is 148 cm³/mol. The summed E-state index contributed by atoms with van der Waals surface area (Å²) in [4.78, 5) is 11.5. The molecule has 3 heteroatoms. The Morgan fingerprint density at radius 1 is 0.944 bits per heavy atom. The van der Waals surface area contributed by atoms with Crippen LogP contribution in [0.4, 0.5) is 0 Å². The summed E-state index contributed by atoms with van der Waals surface area (Å²) < 4.78 is 6.58. The maximum atomic E-state index is 11.5. The average Bonchev–Trinajstić information content (AvgIpc) is 3.62. The molecule has 0 amide bonds. The van der Waals surface area contributed by atoms with Gasteiger partial charge in [0.2, 0.25) is 0 Å². The van der Waals surface area contributed by atoms with Gasteiger partial charge in [0.05, 0.1) is 0 Å². The molecule has 4 rings (SSSR count). The van der Waals surface area contributed by atoms with Crippen LogP contribution in [0, 0.1) is 0 Å². The largest absolute Gasteiger partial charge is 0.489 e. The molecule has 0 heterocycles. The van der Waals surface area contributed by atoms with Gasteiger partial charge in [-0.1, -0.05) is 83.2 Å². The van der Waals surface area contributed by atoms with Crippen LogP contribution in [0.15, 0.2) is 65.8 Å². The van der Waals surface area contributed by atoms with Crippen LogP contribution in [0.2, 0.25) is 0 Å². The molecule has 2 aromatic carbocycles. The third-order valence-electron chi connectivity index (χ3n) is 8.58. The van der Waals surface area contributed by atoms with E-state index in [0.29, 0.717) is 18.6 Å². The van der Waals surface area contributed by atoms with E-state index in [1.165, 1.54) is 35.1 Å². The topological polar surface area (TPSA) is 46.5 Å². The van der Waals surface area contributed by atoms with Crippen LogP contribution in [0.5, 0.6) is 5.75 Å². The number of ether oxygens (including phenoxy) is 1. The number of aliphatic carboxylic acids is 1. The van der Waals surface area contributed by atoms with E-state index in [1.54, 1.807) is 0 Å². The van der Waals surface area contributed by atoms with Gasteiger partial charge in [-0.2, -0.15) is 0 Å². The van der Waals surface area contributed by atoms with Gasteiger partial charge in [0.25, 0.3) is 0 Å². The van der Waals surface area contributed by atoms with Gasteiger partial charge < -0.3 is 9.84 Å². The molecule has 192 valence electrons. The Morgan fingerprint density at radius 3 is 2.11 bits per heavy atom. The Labute approximate surface area is 217 Å². The van der Waals surface area contributed by atoms with Crippen molar-refractivity contribution in [3.05, 3.63) is 88.0 Å². The lowest BCUT2D eigenvalue weighted by atomic mass is 9.62. The van der Waals surface area contributed by atoms with Crippen LogP contribution >= 0.6 is 0 Å². The van der Waals surface area contributed by atoms with Crippen LogP contribution in [0.3, 0.4) is 0 Å². The number of fused-ring (bicyclic) bond motifs is 1. The van der Waals surface area contributed by atoms with Gasteiger partial charge in [-0.15, -0.1) is 0 Å². The minimum absolute atomic E-state index is 0.0606. The monoisotopic (exact) mass is 486 g/mol. The standard InChI is InChI=1S/C33H42O3/c1-7-25(30(34)35)23(2)12-11-15-33(18-19-33)28-20-26-27(32(5,6)17-16-31(26,3)4)21-29(28)36-22-24-13-9-8-10-14-24/h8-14,20-21H,7,15-19,22H2,1-6H3,(H,34,35). The van der Waals surface area contributed by atoms with Gasteiger partial charge in [-0.05, 0) is 84.6 Å². The molecule has 1 fully saturated rings. The van der Waals surface area contributed by atoms with Crippen molar-refractivity contribution < 1.29 is 14.6 Å². The summed E-state index contributed by atoms with van der Waals surface area (Å²) in [7, 11) is 0. The van der Waals surface area contributed by atoms with Crippen LogP contribution in [-0.4, -0.2) is 11.1 Å². The van der Waals surface area contributed by atoms with Crippen molar-refractivity contribution in [2.24, 2.45) is 0 Å². The molecule has 2 aromatic rings. The minimum Gasteiger partial charge on any atom is -0.489 e. The Kier molecular flexibility index (Phi) is 7.23. The number of hydrogen-bond acceptors (Lipinski definition) is 2. The number of allylic oxidation sites excluding steroid dienone is 3. The molecule has 0 aliphatic heterocycles. The lowest BCUT2D eigenvalue weighted by Crippen LogP contribution is -2.34. The summed E-state index contributed by atoms with van der Waals surface area (Å²) >= 11 is 0. The second kappa shape index (κ2) is 9.92. The van der Waals surface area contributed by atoms with Gasteiger partial charge in [-0.3, -0.25) is 0 Å². The fourth-order valence-electron chi connectivity index (χ4n) is 5.76. The van der Waals surface area contributed by atoms with Crippen LogP contribution in [0.1, 0.15) is 102 Å². The first-order valence-corrected chi connectivity index (χ1v) is 13.4. The highest BCUT2D eigenvalue weighted by Crippen LogP contribution is 2.57. The molecular weight excluding hydrogens is 444 g/mol. The Hall–Kier alpha value is -2.81. The summed E-state index contributed by atoms with van der Waals surface area (Å²) in [6.07, 6.45) is 10.2. The van der Waals surface area contributed by atoms with E-state index in [2.05, 4.69) is 70.2 Å². The zero-order chi connectivity index (χ0) is 26.1. The highest BCUT2D eigenvalue weighted by molar-refractivity contribution is 5.87. The van der Waals surface area contributed by atoms with Crippen molar-refractivity contribution in [3.8, 4) is 5.75 Å². The molecule has 0 unspecified atom stereocenters. The first-order valence-electron chi connectivity index (χ1n) is 13.4. The highest BCUT2D eigenvalue weighted by Gasteiger charge is 2.47. The Morgan fingerprint density at radius 2 is 1.56 bits per heavy atom. The molecule has 3 nitrogen and oxygen atoms in total. The molecule has 0 aromatic heterocycles. The van der Waals surface area contributed by atoms with E-state index >= 15 is 0 Å². The number of carboxylic acids is 1. The molecule has 0 bridgehead atoms. The first-order chi connectivity index (χ1) is 17.0. The summed E-state index contributed by atoms with van der Waals surface area (Å²) in [5.74, 6) is 0.193. The summed E-state index contributed by atoms with van der Waals surface area (Å²) in [6, 6.07) is 15.2. The maximum absolute atomic E-state index is 11.5. The van der Waals surface area contributed by atoms with Crippen molar-refractivity contribution in [2.75, 3.05) is 0 Å². The van der Waals surface area contributed by atoms with Crippen molar-refractivity contribution in [1.82, 2.24) is 0 Å². The summed E-state index contributed by atoms with van der Waals surface area (Å²) in [5, 5.41) is 9.48. The Bertz CT molecular complexity index is 1180. The van der Waals surface area contributed by atoms with Crippen molar-refractivity contribution in [1.29, 1.82) is 0 Å². The molecule has 2 aliphatic rings. The van der Waals surface area contributed by atoms with Crippen LogP contribution in [0.25, 0.3) is 0 Å². The van der Waals surface area contributed by atoms with Crippen LogP contribution in [-0.2, 0) is 27.6 Å². The van der Waals surface area contributed by atoms with E-state index in [4.69, 9.17) is 4.74 Å². The third kappa shape index (κ3) is 5.31. The van der Waals surface area contributed by atoms with E-state index in [1.807, 2.05) is 26.0 Å². The zero-order valence-corrected chi connectivity index (χ0v) is 22.9. The fraction of sp³-hybridized carbons (Fsp3) is 0.485. The van der Waals surface area contributed by atoms with Gasteiger partial charge in [-0.25, -0.2) is 4.79 Å². The highest BCUT2D eigenvalue weighted by atomic mass is 16.5. The molecule has 0 atom stereocenters. The maximum Gasteiger partial charge on any atom is 0.331 e. The second-order valence-corrected chi connectivity index (χ2v) is 12.1. The number of carbonyl (C=O) groups is 1. The van der Waals surface area contributed by atoms with E-state index in [-0.39, 0.29) is 16.2 Å². The van der Waals surface area contributed by atoms with Crippen molar-refractivity contribution >= 4 is 5.97 Å². The molecule has 0 spiro atoms. The number of rotatable bonds is 9. The first kappa shape index (κ1) is 26.3. The lowest BCUT2D eigenvalue weighted by Gasteiger charge is -2.42. The van der Waals surface area contributed by atoms with Crippen molar-refractivity contribution in [3.63, 3.8) is 0 Å². The van der Waals surface area contributed by atoms with Gasteiger partial charge in [0, 0.05) is 16.6 Å². The molecular formula is C33H42O3. The lowest BCUT2D eigenvalue weighted by molar-refractivity contribution is -0.132. The quantitative estimate of drug-likeness (QED) is 0.286. The number of benzene rings is 2. The minimum atomic E-state index is -0.822. The molecule has 1 N–H and O–H groups in total. The summed E-state index contributed by atoms with van der Waals surface area (Å²) in [6.45, 7) is 13.8. The average molecular weight is 487 g/mol. The molecule has 36 heavy (non-hydrogen) atoms. The fourth-order valence-corrected chi connectivity index (χ4v) is 5.76. The zero-order valence-electron chi connectivity index (χ0n) is 22.9. The molecule has 0 saturated heterocycles. The SMILES string of the molecule is CCC(C(=O)O)=C(C)C=CCC1(c2cc3c(cc2OCc2ccccc2)C(C)(C)CCC3(C)C)CC1. The van der Waals surface area contributed by atoms with E-state index in [0.717, 1.165) is 30.6 Å². The molecule has 0 radical (unpaired) electrons. The van der Waals surface area contributed by atoms with Gasteiger partial charge in [0.15, 0.2) is 0 Å². The summed E-state index contributed by atoms with van der Waals surface area (Å²) in [5.41, 5.74) is 7.03. The van der Waals surface area contributed by atoms with Crippen LogP contribution < -0.4 is 4.74 Å². The second-order valence-electron chi connectivity index (χ2n) is 12.1. The normalized spacial score (nSPS) is 19.9. The molecule has 2 aliphatic carbocycles. The van der Waals surface area contributed by atoms with E-state index in [9.17, 15) is 9.90 Å². The van der Waals surface area contributed by atoms with E-state index < -0.39 is 5.97 Å². The number of carboxylic acid groups (broad SMARTS) is 1. The van der Waals surface area contributed by atoms with Crippen molar-refractivity contribution in [2.45, 2.75) is 103 Å². The molecule has 1 saturated carbocycles. The third-order valence-corrected chi connectivity index (χ3v) is 8.58. The smallest absolute Gasteiger partial charge is 0.331 e. The predicted octanol–water partition coefficient (Wildman–Crippen LogP) is 8.40. The van der Waals surface area contributed by atoms with Gasteiger partial charge >= 0.3 is 5.97 Å². The Balaban J connectivity index is 1.72. The van der Waals surface area contributed by atoms with Gasteiger partial charge in [0.1, 0.15) is 12.4 Å².